The second kappa shape index (κ2) is 3.53. The van der Waals surface area contributed by atoms with Crippen LogP contribution in [0.25, 0.3) is 0 Å². The van der Waals surface area contributed by atoms with Crippen molar-refractivity contribution in [2.24, 2.45) is 5.73 Å². The topological polar surface area (TPSA) is 46.2 Å². The quantitative estimate of drug-likeness (QED) is 0.654. The zero-order valence-corrected chi connectivity index (χ0v) is 5.91. The standard InChI is InChI=1S/C5H8F5NO/c6-4(7,5(8,9)10)3(12)1-2-11/h3,12H,1-2,11H2/t3-/m0/s1. The lowest BCUT2D eigenvalue weighted by molar-refractivity contribution is -0.313. The second-order valence-corrected chi connectivity index (χ2v) is 2.21. The lowest BCUT2D eigenvalue weighted by atomic mass is 10.1. The molecular formula is C5H8F5NO. The van der Waals surface area contributed by atoms with Gasteiger partial charge in [0.15, 0.2) is 0 Å². The van der Waals surface area contributed by atoms with Crippen molar-refractivity contribution < 1.29 is 27.1 Å². The lowest BCUT2D eigenvalue weighted by Gasteiger charge is -2.24. The van der Waals surface area contributed by atoms with E-state index >= 15 is 0 Å². The van der Waals surface area contributed by atoms with Crippen LogP contribution in [-0.2, 0) is 0 Å². The minimum Gasteiger partial charge on any atom is -0.386 e. The van der Waals surface area contributed by atoms with Crippen LogP contribution in [0.2, 0.25) is 0 Å². The molecule has 0 aliphatic carbocycles. The summed E-state index contributed by atoms with van der Waals surface area (Å²) in [6.07, 6.45) is -9.27. The maximum absolute atomic E-state index is 12.1. The zero-order valence-electron chi connectivity index (χ0n) is 5.91. The predicted molar refractivity (Wildman–Crippen MR) is 30.7 cm³/mol. The number of nitrogens with two attached hydrogens (primary N) is 1. The molecule has 0 aromatic carbocycles. The third-order valence-corrected chi connectivity index (χ3v) is 1.24. The van der Waals surface area contributed by atoms with Crippen molar-refractivity contribution in [3.8, 4) is 0 Å². The van der Waals surface area contributed by atoms with Gasteiger partial charge >= 0.3 is 12.1 Å². The summed E-state index contributed by atoms with van der Waals surface area (Å²) in [5.74, 6) is -5.08. The summed E-state index contributed by atoms with van der Waals surface area (Å²) in [5.41, 5.74) is 4.71. The molecular weight excluding hydrogens is 185 g/mol. The second-order valence-electron chi connectivity index (χ2n) is 2.21. The van der Waals surface area contributed by atoms with Gasteiger partial charge in [-0.2, -0.15) is 22.0 Å². The Balaban J connectivity index is 4.38. The first-order valence-electron chi connectivity index (χ1n) is 3.06. The average molecular weight is 193 g/mol. The molecule has 0 aromatic heterocycles. The zero-order chi connectivity index (χ0) is 9.99. The van der Waals surface area contributed by atoms with E-state index in [2.05, 4.69) is 0 Å². The first-order valence-corrected chi connectivity index (χ1v) is 3.06. The SMILES string of the molecule is NCC[C@H](O)C(F)(F)C(F)(F)F. The Hall–Kier alpha value is -0.430. The first-order chi connectivity index (χ1) is 5.23. The monoisotopic (exact) mass is 193 g/mol. The summed E-state index contributed by atoms with van der Waals surface area (Å²) in [6, 6.07) is 0. The summed E-state index contributed by atoms with van der Waals surface area (Å²) >= 11 is 0. The number of hydrogen-bond acceptors (Lipinski definition) is 2. The Kier molecular flexibility index (Phi) is 3.40. The summed E-state index contributed by atoms with van der Waals surface area (Å²) in [6.45, 7) is -0.424. The number of aliphatic hydroxyl groups is 1. The van der Waals surface area contributed by atoms with E-state index in [1.165, 1.54) is 0 Å². The van der Waals surface area contributed by atoms with Gasteiger partial charge in [-0.25, -0.2) is 0 Å². The maximum Gasteiger partial charge on any atom is 0.456 e. The van der Waals surface area contributed by atoms with Gasteiger partial charge in [0.25, 0.3) is 0 Å². The third kappa shape index (κ3) is 2.28. The molecule has 12 heavy (non-hydrogen) atoms. The molecule has 0 aliphatic heterocycles. The number of halogens is 5. The minimum absolute atomic E-state index is 0.424. The smallest absolute Gasteiger partial charge is 0.386 e. The molecule has 74 valence electrons. The number of hydrogen-bond donors (Lipinski definition) is 2. The fourth-order valence-corrected chi connectivity index (χ4v) is 0.528. The maximum atomic E-state index is 12.1. The summed E-state index contributed by atoms with van der Waals surface area (Å²) < 4.78 is 58.5. The Morgan fingerprint density at radius 3 is 1.83 bits per heavy atom. The van der Waals surface area contributed by atoms with Crippen molar-refractivity contribution in [1.29, 1.82) is 0 Å². The predicted octanol–water partition coefficient (Wildman–Crippen LogP) is 0.894. The Bertz CT molecular complexity index is 145. The van der Waals surface area contributed by atoms with Gasteiger partial charge in [-0.05, 0) is 13.0 Å². The van der Waals surface area contributed by atoms with Crippen LogP contribution in [0.5, 0.6) is 0 Å². The molecule has 0 unspecified atom stereocenters. The van der Waals surface area contributed by atoms with Gasteiger partial charge in [0.1, 0.15) is 6.10 Å². The summed E-state index contributed by atoms with van der Waals surface area (Å²) in [7, 11) is 0. The summed E-state index contributed by atoms with van der Waals surface area (Å²) in [5, 5.41) is 8.36. The minimum atomic E-state index is -5.72. The van der Waals surface area contributed by atoms with Gasteiger partial charge in [0.2, 0.25) is 0 Å². The molecule has 0 aromatic rings. The molecule has 0 rings (SSSR count). The molecule has 0 saturated heterocycles. The van der Waals surface area contributed by atoms with Crippen LogP contribution in [-0.4, -0.2) is 29.9 Å². The van der Waals surface area contributed by atoms with Crippen molar-refractivity contribution in [3.63, 3.8) is 0 Å². The van der Waals surface area contributed by atoms with Gasteiger partial charge < -0.3 is 10.8 Å². The fraction of sp³-hybridized carbons (Fsp3) is 1.00. The van der Waals surface area contributed by atoms with Gasteiger partial charge in [-0.15, -0.1) is 0 Å². The largest absolute Gasteiger partial charge is 0.456 e. The van der Waals surface area contributed by atoms with Crippen molar-refractivity contribution >= 4 is 0 Å². The Morgan fingerprint density at radius 1 is 1.17 bits per heavy atom. The van der Waals surface area contributed by atoms with E-state index in [1.54, 1.807) is 0 Å². The lowest BCUT2D eigenvalue weighted by Crippen LogP contribution is -2.47. The Labute approximate surface area is 65.2 Å². The normalized spacial score (nSPS) is 16.2. The molecule has 2 nitrogen and oxygen atoms in total. The molecule has 0 saturated carbocycles. The molecule has 0 spiro atoms. The van der Waals surface area contributed by atoms with Gasteiger partial charge in [-0.3, -0.25) is 0 Å². The molecule has 7 heteroatoms. The number of alkyl halides is 5. The Morgan fingerprint density at radius 2 is 1.58 bits per heavy atom. The third-order valence-electron chi connectivity index (χ3n) is 1.24. The first kappa shape index (κ1) is 11.6. The average Bonchev–Trinajstić information content (AvgIpc) is 1.85. The van der Waals surface area contributed by atoms with Crippen LogP contribution >= 0.6 is 0 Å². The molecule has 0 heterocycles. The van der Waals surface area contributed by atoms with E-state index in [0.29, 0.717) is 0 Å². The van der Waals surface area contributed by atoms with E-state index < -0.39 is 31.2 Å². The van der Waals surface area contributed by atoms with Crippen LogP contribution in [0.1, 0.15) is 6.42 Å². The van der Waals surface area contributed by atoms with E-state index in [0.717, 1.165) is 0 Å². The highest BCUT2D eigenvalue weighted by Crippen LogP contribution is 2.38. The van der Waals surface area contributed by atoms with Crippen LogP contribution in [0.15, 0.2) is 0 Å². The highest BCUT2D eigenvalue weighted by Gasteiger charge is 2.61. The van der Waals surface area contributed by atoms with Crippen molar-refractivity contribution in [2.75, 3.05) is 6.54 Å². The van der Waals surface area contributed by atoms with Crippen LogP contribution in [0.3, 0.4) is 0 Å². The van der Waals surface area contributed by atoms with E-state index in [4.69, 9.17) is 10.8 Å². The number of rotatable bonds is 3. The van der Waals surface area contributed by atoms with Crippen LogP contribution < -0.4 is 5.73 Å². The molecule has 1 atom stereocenters. The molecule has 0 amide bonds. The number of aliphatic hydroxyl groups excluding tert-OH is 1. The molecule has 0 aliphatic rings. The highest BCUT2D eigenvalue weighted by molar-refractivity contribution is 4.83. The van der Waals surface area contributed by atoms with Crippen molar-refractivity contribution in [3.05, 3.63) is 0 Å². The van der Waals surface area contributed by atoms with Crippen LogP contribution in [0, 0.1) is 0 Å². The fourth-order valence-electron chi connectivity index (χ4n) is 0.528. The van der Waals surface area contributed by atoms with Gasteiger partial charge in [0.05, 0.1) is 0 Å². The van der Waals surface area contributed by atoms with Gasteiger partial charge in [-0.1, -0.05) is 0 Å². The van der Waals surface area contributed by atoms with E-state index in [9.17, 15) is 22.0 Å². The van der Waals surface area contributed by atoms with E-state index in [1.807, 2.05) is 0 Å². The molecule has 0 bridgehead atoms. The molecule has 3 N–H and O–H groups in total. The summed E-state index contributed by atoms with van der Waals surface area (Å²) in [4.78, 5) is 0. The molecule has 0 radical (unpaired) electrons. The molecule has 0 fully saturated rings. The van der Waals surface area contributed by atoms with Crippen molar-refractivity contribution in [1.82, 2.24) is 0 Å². The van der Waals surface area contributed by atoms with Crippen molar-refractivity contribution in [2.45, 2.75) is 24.6 Å². The van der Waals surface area contributed by atoms with Crippen LogP contribution in [0.4, 0.5) is 22.0 Å². The highest BCUT2D eigenvalue weighted by atomic mass is 19.4. The van der Waals surface area contributed by atoms with E-state index in [-0.39, 0.29) is 0 Å². The van der Waals surface area contributed by atoms with Gasteiger partial charge in [0, 0.05) is 0 Å².